The predicted octanol–water partition coefficient (Wildman–Crippen LogP) is 3.24. The van der Waals surface area contributed by atoms with Gasteiger partial charge >= 0.3 is 5.97 Å². The minimum atomic E-state index is -0.125. The molecule has 0 aromatic rings. The first-order chi connectivity index (χ1) is 6.81. The quantitative estimate of drug-likeness (QED) is 0.355. The molecular weight excluding hydrogens is 176 g/mol. The summed E-state index contributed by atoms with van der Waals surface area (Å²) in [6, 6.07) is 0. The van der Waals surface area contributed by atoms with E-state index in [0.29, 0.717) is 6.42 Å². The van der Waals surface area contributed by atoms with E-state index < -0.39 is 0 Å². The van der Waals surface area contributed by atoms with Gasteiger partial charge in [0, 0.05) is 6.42 Å². The zero-order chi connectivity index (χ0) is 10.6. The monoisotopic (exact) mass is 196 g/mol. The van der Waals surface area contributed by atoms with Gasteiger partial charge in [-0.3, -0.25) is 4.79 Å². The topological polar surface area (TPSA) is 26.3 Å². The van der Waals surface area contributed by atoms with E-state index in [2.05, 4.69) is 29.9 Å². The van der Waals surface area contributed by atoms with Crippen molar-refractivity contribution in [3.8, 4) is 0 Å². The van der Waals surface area contributed by atoms with Crippen molar-refractivity contribution >= 4 is 5.97 Å². The molecule has 0 amide bonds. The number of unbranched alkanes of at least 4 members (excludes halogenated alkanes) is 2. The smallest absolute Gasteiger partial charge is 0.305 e. The summed E-state index contributed by atoms with van der Waals surface area (Å²) < 4.78 is 4.53. The summed E-state index contributed by atoms with van der Waals surface area (Å²) >= 11 is 0. The van der Waals surface area contributed by atoms with Crippen molar-refractivity contribution in [2.75, 3.05) is 7.11 Å². The lowest BCUT2D eigenvalue weighted by Crippen LogP contribution is -1.98. The van der Waals surface area contributed by atoms with Crippen molar-refractivity contribution < 1.29 is 9.53 Å². The van der Waals surface area contributed by atoms with Crippen LogP contribution in [-0.2, 0) is 9.53 Å². The normalized spacial score (nSPS) is 11.3. The summed E-state index contributed by atoms with van der Waals surface area (Å²) in [4.78, 5) is 10.7. The van der Waals surface area contributed by atoms with Crippen LogP contribution < -0.4 is 0 Å². The van der Waals surface area contributed by atoms with Crippen LogP contribution in [0.5, 0.6) is 0 Å². The third kappa shape index (κ3) is 9.04. The Bertz CT molecular complexity index is 192. The molecule has 0 aromatic heterocycles. The van der Waals surface area contributed by atoms with Crippen LogP contribution in [-0.4, -0.2) is 13.1 Å². The minimum absolute atomic E-state index is 0.125. The van der Waals surface area contributed by atoms with Gasteiger partial charge in [0.2, 0.25) is 0 Å². The maximum absolute atomic E-state index is 10.7. The number of ether oxygens (including phenoxy) is 1. The molecule has 0 rings (SSSR count). The Labute approximate surface area is 86.6 Å². The van der Waals surface area contributed by atoms with Crippen molar-refractivity contribution in [2.24, 2.45) is 0 Å². The van der Waals surface area contributed by atoms with E-state index in [1.807, 2.05) is 6.08 Å². The van der Waals surface area contributed by atoms with E-state index in [1.54, 1.807) is 0 Å². The van der Waals surface area contributed by atoms with Gasteiger partial charge < -0.3 is 4.74 Å². The summed E-state index contributed by atoms with van der Waals surface area (Å²) in [6.45, 7) is 2.16. The first kappa shape index (κ1) is 12.9. The second-order valence-corrected chi connectivity index (χ2v) is 3.11. The van der Waals surface area contributed by atoms with Crippen LogP contribution in [0.2, 0.25) is 0 Å². The Morgan fingerprint density at radius 1 is 1.21 bits per heavy atom. The molecule has 0 aromatic carbocycles. The lowest BCUT2D eigenvalue weighted by Gasteiger charge is -1.94. The molecule has 0 radical (unpaired) electrons. The number of hydrogen-bond acceptors (Lipinski definition) is 2. The zero-order valence-corrected chi connectivity index (χ0v) is 9.16. The Balaban J connectivity index is 3.31. The molecule has 2 nitrogen and oxygen atoms in total. The number of methoxy groups -OCH3 is 1. The highest BCUT2D eigenvalue weighted by atomic mass is 16.5. The molecule has 0 aliphatic rings. The van der Waals surface area contributed by atoms with Crippen LogP contribution in [0.15, 0.2) is 24.3 Å². The van der Waals surface area contributed by atoms with Crippen molar-refractivity contribution in [1.29, 1.82) is 0 Å². The van der Waals surface area contributed by atoms with Gasteiger partial charge in [-0.2, -0.15) is 0 Å². The molecule has 0 N–H and O–H groups in total. The second kappa shape index (κ2) is 10.0. The standard InChI is InChI=1S/C12H20O2/c1-3-4-5-6-7-8-9-10-11-12(13)14-2/h5-8H,3-4,9-11H2,1-2H3/b6-5+,8-7+. The fourth-order valence-corrected chi connectivity index (χ4v) is 0.983. The molecule has 0 atom stereocenters. The Morgan fingerprint density at radius 2 is 1.86 bits per heavy atom. The van der Waals surface area contributed by atoms with Crippen LogP contribution in [0.3, 0.4) is 0 Å². The largest absolute Gasteiger partial charge is 0.469 e. The highest BCUT2D eigenvalue weighted by molar-refractivity contribution is 5.68. The summed E-state index contributed by atoms with van der Waals surface area (Å²) in [7, 11) is 1.42. The van der Waals surface area contributed by atoms with Gasteiger partial charge in [-0.1, -0.05) is 37.6 Å². The van der Waals surface area contributed by atoms with E-state index in [1.165, 1.54) is 13.5 Å². The summed E-state index contributed by atoms with van der Waals surface area (Å²) in [5, 5.41) is 0. The van der Waals surface area contributed by atoms with Crippen LogP contribution in [0, 0.1) is 0 Å². The molecule has 0 saturated heterocycles. The molecule has 2 heteroatoms. The average Bonchev–Trinajstić information content (AvgIpc) is 2.21. The second-order valence-electron chi connectivity index (χ2n) is 3.11. The molecule has 0 bridgehead atoms. The number of rotatable bonds is 7. The first-order valence-electron chi connectivity index (χ1n) is 5.19. The first-order valence-corrected chi connectivity index (χ1v) is 5.19. The molecule has 0 unspecified atom stereocenters. The Morgan fingerprint density at radius 3 is 2.43 bits per heavy atom. The maximum Gasteiger partial charge on any atom is 0.305 e. The highest BCUT2D eigenvalue weighted by Crippen LogP contribution is 1.98. The van der Waals surface area contributed by atoms with Crippen molar-refractivity contribution in [2.45, 2.75) is 39.0 Å². The lowest BCUT2D eigenvalue weighted by atomic mass is 10.2. The third-order valence-corrected chi connectivity index (χ3v) is 1.82. The van der Waals surface area contributed by atoms with Gasteiger partial charge in [0.1, 0.15) is 0 Å². The lowest BCUT2D eigenvalue weighted by molar-refractivity contribution is -0.140. The molecule has 14 heavy (non-hydrogen) atoms. The Hall–Kier alpha value is -1.05. The summed E-state index contributed by atoms with van der Waals surface area (Å²) in [5.41, 5.74) is 0. The van der Waals surface area contributed by atoms with Crippen LogP contribution >= 0.6 is 0 Å². The maximum atomic E-state index is 10.7. The minimum Gasteiger partial charge on any atom is -0.469 e. The molecule has 0 spiro atoms. The average molecular weight is 196 g/mol. The van der Waals surface area contributed by atoms with E-state index in [9.17, 15) is 4.79 Å². The van der Waals surface area contributed by atoms with Gasteiger partial charge in [-0.25, -0.2) is 0 Å². The zero-order valence-electron chi connectivity index (χ0n) is 9.16. The fourth-order valence-electron chi connectivity index (χ4n) is 0.983. The van der Waals surface area contributed by atoms with E-state index >= 15 is 0 Å². The number of carbonyl (C=O) groups excluding carboxylic acids is 1. The number of carbonyl (C=O) groups is 1. The molecule has 0 fully saturated rings. The third-order valence-electron chi connectivity index (χ3n) is 1.82. The van der Waals surface area contributed by atoms with Crippen molar-refractivity contribution in [3.63, 3.8) is 0 Å². The molecular formula is C12H20O2. The van der Waals surface area contributed by atoms with Crippen LogP contribution in [0.1, 0.15) is 39.0 Å². The van der Waals surface area contributed by atoms with Crippen LogP contribution in [0.4, 0.5) is 0 Å². The molecule has 0 aliphatic heterocycles. The molecule has 0 saturated carbocycles. The molecule has 0 aliphatic carbocycles. The van der Waals surface area contributed by atoms with Crippen molar-refractivity contribution in [1.82, 2.24) is 0 Å². The summed E-state index contributed by atoms with van der Waals surface area (Å²) in [5.74, 6) is -0.125. The summed E-state index contributed by atoms with van der Waals surface area (Å²) in [6.07, 6.45) is 13.0. The van der Waals surface area contributed by atoms with Gasteiger partial charge in [-0.05, 0) is 19.3 Å². The van der Waals surface area contributed by atoms with Gasteiger partial charge in [-0.15, -0.1) is 0 Å². The Kier molecular flexibility index (Phi) is 9.28. The van der Waals surface area contributed by atoms with Gasteiger partial charge in [0.25, 0.3) is 0 Å². The van der Waals surface area contributed by atoms with Gasteiger partial charge in [0.15, 0.2) is 0 Å². The SMILES string of the molecule is CCC/C=C/C=C/CCCC(=O)OC. The van der Waals surface area contributed by atoms with Crippen LogP contribution in [0.25, 0.3) is 0 Å². The highest BCUT2D eigenvalue weighted by Gasteiger charge is 1.96. The number of allylic oxidation sites excluding steroid dienone is 4. The van der Waals surface area contributed by atoms with E-state index in [4.69, 9.17) is 0 Å². The fraction of sp³-hybridized carbons (Fsp3) is 0.583. The van der Waals surface area contributed by atoms with E-state index in [0.717, 1.165) is 19.3 Å². The molecule has 0 heterocycles. The number of esters is 1. The van der Waals surface area contributed by atoms with E-state index in [-0.39, 0.29) is 5.97 Å². The van der Waals surface area contributed by atoms with Crippen molar-refractivity contribution in [3.05, 3.63) is 24.3 Å². The molecule has 80 valence electrons. The number of hydrogen-bond donors (Lipinski definition) is 0. The van der Waals surface area contributed by atoms with Gasteiger partial charge in [0.05, 0.1) is 7.11 Å². The predicted molar refractivity (Wildman–Crippen MR) is 59.1 cm³/mol.